The third-order valence-electron chi connectivity index (χ3n) is 2.73. The van der Waals surface area contributed by atoms with Gasteiger partial charge in [-0.1, -0.05) is 48.1 Å². The second kappa shape index (κ2) is 8.11. The van der Waals surface area contributed by atoms with Crippen molar-refractivity contribution in [1.29, 1.82) is 0 Å². The molecular weight excluding hydrogens is 236 g/mol. The molecule has 4 heteroatoms. The molecule has 19 heavy (non-hydrogen) atoms. The number of nitrogens with two attached hydrogens (primary N) is 2. The summed E-state index contributed by atoms with van der Waals surface area (Å²) in [5.74, 6) is 5.59. The zero-order valence-electron chi connectivity index (χ0n) is 11.6. The van der Waals surface area contributed by atoms with Crippen LogP contribution < -0.4 is 17.1 Å². The standard InChI is InChI=1S/C15H22N4/c1-3-4-7-14(11-15(16)18-19-17)13-8-5-6-12(2)9-10-13/h3-5,7-10,19H,6,11,17H2,1-2H3,(H2,16,18)/b4-3-,14-7+. The maximum Gasteiger partial charge on any atom is 0.125 e. The van der Waals surface area contributed by atoms with Crippen LogP contribution in [-0.2, 0) is 0 Å². The number of nitrogens with one attached hydrogen (secondary N) is 1. The Kier molecular flexibility index (Phi) is 6.39. The van der Waals surface area contributed by atoms with Gasteiger partial charge < -0.3 is 5.73 Å². The van der Waals surface area contributed by atoms with E-state index in [1.165, 1.54) is 5.57 Å². The zero-order valence-corrected chi connectivity index (χ0v) is 11.6. The first-order valence-electron chi connectivity index (χ1n) is 6.31. The Morgan fingerprint density at radius 2 is 2.26 bits per heavy atom. The van der Waals surface area contributed by atoms with Crippen LogP contribution in [0.2, 0.25) is 0 Å². The molecule has 0 spiro atoms. The highest BCUT2D eigenvalue weighted by molar-refractivity contribution is 5.83. The molecule has 0 aromatic rings. The van der Waals surface area contributed by atoms with Gasteiger partial charge in [0.15, 0.2) is 0 Å². The highest BCUT2D eigenvalue weighted by Crippen LogP contribution is 2.20. The van der Waals surface area contributed by atoms with Gasteiger partial charge in [0.25, 0.3) is 0 Å². The van der Waals surface area contributed by atoms with E-state index in [9.17, 15) is 0 Å². The molecular formula is C15H22N4. The van der Waals surface area contributed by atoms with Crippen molar-refractivity contribution in [2.24, 2.45) is 16.7 Å². The molecule has 0 fully saturated rings. The Balaban J connectivity index is 3.01. The summed E-state index contributed by atoms with van der Waals surface area (Å²) in [6.07, 6.45) is 16.1. The third-order valence-corrected chi connectivity index (χ3v) is 2.73. The lowest BCUT2D eigenvalue weighted by Gasteiger charge is -2.07. The first-order chi connectivity index (χ1) is 9.17. The fourth-order valence-corrected chi connectivity index (χ4v) is 1.73. The lowest BCUT2D eigenvalue weighted by Crippen LogP contribution is -2.22. The number of allylic oxidation sites excluding steroid dienone is 9. The van der Waals surface area contributed by atoms with Crippen molar-refractivity contribution >= 4 is 5.84 Å². The Hall–Kier alpha value is -2.07. The molecule has 5 N–H and O–H groups in total. The van der Waals surface area contributed by atoms with Gasteiger partial charge >= 0.3 is 0 Å². The third kappa shape index (κ3) is 5.40. The Labute approximate surface area is 114 Å². The van der Waals surface area contributed by atoms with Crippen molar-refractivity contribution in [3.8, 4) is 0 Å². The lowest BCUT2D eigenvalue weighted by molar-refractivity contribution is 0.799. The number of nitrogens with zero attached hydrogens (tertiary/aromatic N) is 1. The average molecular weight is 258 g/mol. The number of hydrogen-bond acceptors (Lipinski definition) is 3. The van der Waals surface area contributed by atoms with E-state index < -0.39 is 0 Å². The Morgan fingerprint density at radius 1 is 1.47 bits per heavy atom. The Morgan fingerprint density at radius 3 is 2.95 bits per heavy atom. The minimum absolute atomic E-state index is 0.456. The van der Waals surface area contributed by atoms with Crippen molar-refractivity contribution in [2.75, 3.05) is 0 Å². The molecule has 0 aromatic heterocycles. The number of hydrogen-bond donors (Lipinski definition) is 3. The topological polar surface area (TPSA) is 76.4 Å². The second-order valence-corrected chi connectivity index (χ2v) is 4.37. The van der Waals surface area contributed by atoms with Gasteiger partial charge in [-0.3, -0.25) is 0 Å². The van der Waals surface area contributed by atoms with Gasteiger partial charge in [0.05, 0.1) is 0 Å². The van der Waals surface area contributed by atoms with Crippen LogP contribution in [0.3, 0.4) is 0 Å². The van der Waals surface area contributed by atoms with Crippen LogP contribution in [0.15, 0.2) is 64.4 Å². The van der Waals surface area contributed by atoms with Crippen molar-refractivity contribution < 1.29 is 0 Å². The molecule has 0 aliphatic heterocycles. The molecule has 0 unspecified atom stereocenters. The van der Waals surface area contributed by atoms with Crippen LogP contribution in [0.4, 0.5) is 0 Å². The summed E-state index contributed by atoms with van der Waals surface area (Å²) in [5.41, 5.74) is 11.6. The highest BCUT2D eigenvalue weighted by Gasteiger charge is 2.05. The number of rotatable bonds is 5. The molecule has 0 radical (unpaired) electrons. The summed E-state index contributed by atoms with van der Waals surface area (Å²) in [5, 5.41) is 3.80. The minimum atomic E-state index is 0.456. The number of amidine groups is 1. The van der Waals surface area contributed by atoms with Gasteiger partial charge in [-0.2, -0.15) is 5.10 Å². The highest BCUT2D eigenvalue weighted by atomic mass is 15.5. The Bertz CT molecular complexity index is 476. The molecule has 0 heterocycles. The molecule has 1 rings (SSSR count). The van der Waals surface area contributed by atoms with E-state index in [2.05, 4.69) is 41.9 Å². The molecule has 4 nitrogen and oxygen atoms in total. The summed E-state index contributed by atoms with van der Waals surface area (Å²) in [6, 6.07) is 0. The predicted molar refractivity (Wildman–Crippen MR) is 82.1 cm³/mol. The average Bonchev–Trinajstić information content (AvgIpc) is 2.60. The summed E-state index contributed by atoms with van der Waals surface area (Å²) in [4.78, 5) is 0. The summed E-state index contributed by atoms with van der Waals surface area (Å²) < 4.78 is 0. The molecule has 0 aromatic carbocycles. The summed E-state index contributed by atoms with van der Waals surface area (Å²) in [7, 11) is 0. The maximum atomic E-state index is 5.81. The number of hydrazone groups is 1. The fourth-order valence-electron chi connectivity index (χ4n) is 1.73. The van der Waals surface area contributed by atoms with Crippen LogP contribution in [0.1, 0.15) is 26.7 Å². The van der Waals surface area contributed by atoms with E-state index in [1.54, 1.807) is 0 Å². The van der Waals surface area contributed by atoms with E-state index in [-0.39, 0.29) is 0 Å². The van der Waals surface area contributed by atoms with Gasteiger partial charge in [-0.25, -0.2) is 11.4 Å². The normalized spacial score (nSPS) is 17.2. The molecule has 0 saturated heterocycles. The summed E-state index contributed by atoms with van der Waals surface area (Å²) in [6.45, 7) is 4.10. The molecule has 0 atom stereocenters. The van der Waals surface area contributed by atoms with Gasteiger partial charge in [-0.05, 0) is 31.4 Å². The predicted octanol–water partition coefficient (Wildman–Crippen LogP) is 2.45. The lowest BCUT2D eigenvalue weighted by atomic mass is 10.0. The van der Waals surface area contributed by atoms with Crippen LogP contribution in [0.25, 0.3) is 0 Å². The van der Waals surface area contributed by atoms with Gasteiger partial charge in [-0.15, -0.1) is 0 Å². The quantitative estimate of drug-likeness (QED) is 0.233. The monoisotopic (exact) mass is 258 g/mol. The molecule has 0 amide bonds. The van der Waals surface area contributed by atoms with Crippen molar-refractivity contribution in [1.82, 2.24) is 5.53 Å². The molecule has 102 valence electrons. The molecule has 1 aliphatic carbocycles. The van der Waals surface area contributed by atoms with E-state index in [0.717, 1.165) is 17.6 Å². The smallest absolute Gasteiger partial charge is 0.125 e. The molecule has 1 aliphatic rings. The van der Waals surface area contributed by atoms with Crippen LogP contribution in [0.5, 0.6) is 0 Å². The van der Waals surface area contributed by atoms with E-state index in [0.29, 0.717) is 12.3 Å². The molecule has 0 saturated carbocycles. The first-order valence-corrected chi connectivity index (χ1v) is 6.31. The maximum absolute atomic E-state index is 5.81. The van der Waals surface area contributed by atoms with E-state index in [4.69, 9.17) is 11.6 Å². The van der Waals surface area contributed by atoms with Crippen molar-refractivity contribution in [3.05, 3.63) is 59.3 Å². The van der Waals surface area contributed by atoms with Crippen LogP contribution >= 0.6 is 0 Å². The second-order valence-electron chi connectivity index (χ2n) is 4.37. The van der Waals surface area contributed by atoms with Crippen LogP contribution in [0, 0.1) is 0 Å². The van der Waals surface area contributed by atoms with Gasteiger partial charge in [0.2, 0.25) is 0 Å². The van der Waals surface area contributed by atoms with Gasteiger partial charge in [0, 0.05) is 6.42 Å². The SMILES string of the molecule is C/C=C\C=C(/C/C(N)=N/NN)C1=CC=C(C)CC=C1. The number of hydrazine groups is 1. The minimum Gasteiger partial charge on any atom is -0.385 e. The molecule has 0 bridgehead atoms. The van der Waals surface area contributed by atoms with Crippen molar-refractivity contribution in [2.45, 2.75) is 26.7 Å². The summed E-state index contributed by atoms with van der Waals surface area (Å²) >= 11 is 0. The van der Waals surface area contributed by atoms with Crippen molar-refractivity contribution in [3.63, 3.8) is 0 Å². The van der Waals surface area contributed by atoms with Crippen LogP contribution in [-0.4, -0.2) is 5.84 Å². The fraction of sp³-hybridized carbons (Fsp3) is 0.267. The first kappa shape index (κ1) is 15.0. The zero-order chi connectivity index (χ0) is 14.1. The largest absolute Gasteiger partial charge is 0.385 e. The van der Waals surface area contributed by atoms with Gasteiger partial charge in [0.1, 0.15) is 5.84 Å². The van der Waals surface area contributed by atoms with E-state index in [1.807, 2.05) is 25.2 Å². The van der Waals surface area contributed by atoms with E-state index >= 15 is 0 Å².